The maximum Gasteiger partial charge on any atom is 0.261 e. The molecule has 200 valence electrons. The Morgan fingerprint density at radius 3 is 2.11 bits per heavy atom. The molecule has 2 aromatic carbocycles. The van der Waals surface area contributed by atoms with Gasteiger partial charge in [0, 0.05) is 7.11 Å². The lowest BCUT2D eigenvalue weighted by molar-refractivity contribution is -0.0726. The van der Waals surface area contributed by atoms with Gasteiger partial charge in [-0.25, -0.2) is 0 Å². The summed E-state index contributed by atoms with van der Waals surface area (Å²) in [5, 5.41) is 2.54. The van der Waals surface area contributed by atoms with Gasteiger partial charge in [0.05, 0.1) is 22.2 Å². The van der Waals surface area contributed by atoms with E-state index in [0.717, 1.165) is 34.6 Å². The van der Waals surface area contributed by atoms with E-state index in [2.05, 4.69) is 138 Å². The van der Waals surface area contributed by atoms with Gasteiger partial charge in [-0.15, -0.1) is 0 Å². The average Bonchev–Trinajstić information content (AvgIpc) is 2.88. The van der Waals surface area contributed by atoms with Crippen molar-refractivity contribution in [3.05, 3.63) is 94.4 Å². The van der Waals surface area contributed by atoms with Gasteiger partial charge >= 0.3 is 0 Å². The molecule has 0 fully saturated rings. The zero-order chi connectivity index (χ0) is 26.9. The third-order valence-corrected chi connectivity index (χ3v) is 12.6. The molecule has 0 unspecified atom stereocenters. The first-order valence-corrected chi connectivity index (χ1v) is 16.5. The Balaban J connectivity index is 1.66. The van der Waals surface area contributed by atoms with Gasteiger partial charge in [0.2, 0.25) is 0 Å². The Bertz CT molecular complexity index is 1000. The lowest BCUT2D eigenvalue weighted by Crippen LogP contribution is -2.66. The van der Waals surface area contributed by atoms with E-state index in [1.165, 1.54) is 10.4 Å². The van der Waals surface area contributed by atoms with Crippen molar-refractivity contribution in [2.75, 3.05) is 13.7 Å². The normalized spacial score (nSPS) is 20.0. The molecule has 3 nitrogen and oxygen atoms in total. The fourth-order valence-corrected chi connectivity index (χ4v) is 10.1. The minimum absolute atomic E-state index is 0.0192. The molecule has 0 saturated carbocycles. The molecule has 0 aromatic heterocycles. The van der Waals surface area contributed by atoms with Gasteiger partial charge < -0.3 is 13.9 Å². The van der Waals surface area contributed by atoms with Crippen LogP contribution in [0, 0.1) is 0 Å². The van der Waals surface area contributed by atoms with E-state index >= 15 is 0 Å². The lowest BCUT2D eigenvalue weighted by atomic mass is 10.0. The molecule has 1 heterocycles. The van der Waals surface area contributed by atoms with Crippen LogP contribution >= 0.6 is 31.9 Å². The number of methoxy groups -OCH3 is 1. The second-order valence-corrected chi connectivity index (χ2v) is 17.7. The van der Waals surface area contributed by atoms with Crippen LogP contribution in [0.4, 0.5) is 0 Å². The first-order valence-electron chi connectivity index (χ1n) is 13.0. The first kappa shape index (κ1) is 30.3. The summed E-state index contributed by atoms with van der Waals surface area (Å²) in [6.07, 6.45) is 9.98. The van der Waals surface area contributed by atoms with Crippen molar-refractivity contribution in [2.24, 2.45) is 0 Å². The summed E-state index contributed by atoms with van der Waals surface area (Å²) in [6.45, 7) is 11.9. The highest BCUT2D eigenvalue weighted by Crippen LogP contribution is 2.37. The van der Waals surface area contributed by atoms with E-state index in [1.54, 1.807) is 7.11 Å². The highest BCUT2D eigenvalue weighted by atomic mass is 79.9. The summed E-state index contributed by atoms with van der Waals surface area (Å²) in [5.74, 6) is 0. The molecule has 0 amide bonds. The minimum Gasteiger partial charge on any atom is -0.403 e. The molecule has 2 aromatic rings. The van der Waals surface area contributed by atoms with Crippen molar-refractivity contribution in [1.29, 1.82) is 0 Å². The fraction of sp³-hybridized carbons (Fsp3) is 0.419. The third-order valence-electron chi connectivity index (χ3n) is 6.94. The minimum atomic E-state index is -2.56. The molecule has 1 aliphatic rings. The van der Waals surface area contributed by atoms with E-state index in [4.69, 9.17) is 13.9 Å². The summed E-state index contributed by atoms with van der Waals surface area (Å²) in [7, 11) is -0.808. The third kappa shape index (κ3) is 8.10. The molecule has 0 bridgehead atoms. The topological polar surface area (TPSA) is 27.7 Å². The summed E-state index contributed by atoms with van der Waals surface area (Å²) in [6, 6.07) is 21.5. The maximum absolute atomic E-state index is 7.04. The predicted octanol–water partition coefficient (Wildman–Crippen LogP) is 7.65. The van der Waals surface area contributed by atoms with Crippen molar-refractivity contribution in [3.8, 4) is 0 Å². The Labute approximate surface area is 241 Å². The monoisotopic (exact) mass is 646 g/mol. The predicted molar refractivity (Wildman–Crippen MR) is 166 cm³/mol. The summed E-state index contributed by atoms with van der Waals surface area (Å²) in [4.78, 5) is 0. The molecule has 0 saturated heterocycles. The van der Waals surface area contributed by atoms with Gasteiger partial charge in [-0.05, 0) is 73.0 Å². The quantitative estimate of drug-likeness (QED) is 0.175. The lowest BCUT2D eigenvalue weighted by Gasteiger charge is -2.43. The van der Waals surface area contributed by atoms with Crippen LogP contribution in [0.15, 0.2) is 94.4 Å². The summed E-state index contributed by atoms with van der Waals surface area (Å²) in [5.41, 5.74) is 1.12. The molecule has 0 spiro atoms. The van der Waals surface area contributed by atoms with E-state index in [-0.39, 0.29) is 23.4 Å². The number of benzene rings is 2. The summed E-state index contributed by atoms with van der Waals surface area (Å²) < 4.78 is 20.0. The molecule has 3 rings (SSSR count). The molecule has 6 heteroatoms. The largest absolute Gasteiger partial charge is 0.403 e. The van der Waals surface area contributed by atoms with Crippen LogP contribution in [-0.2, 0) is 13.9 Å². The Kier molecular flexibility index (Phi) is 11.6. The first-order chi connectivity index (χ1) is 17.7. The van der Waals surface area contributed by atoms with Gasteiger partial charge in [-0.3, -0.25) is 0 Å². The van der Waals surface area contributed by atoms with Gasteiger partial charge in [0.15, 0.2) is 0 Å². The molecule has 0 aliphatic carbocycles. The standard InChI is InChI=1S/C31H40Br2O3Si/c1-24(13-12-18-29-28(34-5)21-19-25(36-29)20-22-30(32)33)23-35-37(31(2,3)4,26-14-8-6-9-15-26)27-16-10-7-11-17-27/h6-11,14-17,19,21-22,25,28-29H,1,12-13,18,20,23H2,2-5H3/t25-,28-,29+/m0/s1. The average molecular weight is 649 g/mol. The van der Waals surface area contributed by atoms with Crippen LogP contribution in [0.5, 0.6) is 0 Å². The van der Waals surface area contributed by atoms with E-state index in [1.807, 2.05) is 0 Å². The van der Waals surface area contributed by atoms with Gasteiger partial charge in [-0.2, -0.15) is 0 Å². The van der Waals surface area contributed by atoms with Gasteiger partial charge in [-0.1, -0.05) is 112 Å². The molecule has 1 aliphatic heterocycles. The number of hydrogen-bond acceptors (Lipinski definition) is 3. The number of halogens is 2. The molecule has 3 atom stereocenters. The Morgan fingerprint density at radius 1 is 1.00 bits per heavy atom. The maximum atomic E-state index is 7.04. The van der Waals surface area contributed by atoms with Gasteiger partial charge in [0.25, 0.3) is 8.32 Å². The van der Waals surface area contributed by atoms with Crippen LogP contribution in [0.3, 0.4) is 0 Å². The second kappa shape index (κ2) is 14.2. The van der Waals surface area contributed by atoms with Crippen LogP contribution in [0.1, 0.15) is 46.5 Å². The highest BCUT2D eigenvalue weighted by molar-refractivity contribution is 9.28. The zero-order valence-electron chi connectivity index (χ0n) is 22.5. The van der Waals surface area contributed by atoms with Crippen molar-refractivity contribution in [3.63, 3.8) is 0 Å². The smallest absolute Gasteiger partial charge is 0.261 e. The zero-order valence-corrected chi connectivity index (χ0v) is 26.6. The van der Waals surface area contributed by atoms with Crippen molar-refractivity contribution >= 4 is 50.6 Å². The van der Waals surface area contributed by atoms with Gasteiger partial charge in [0.1, 0.15) is 6.10 Å². The van der Waals surface area contributed by atoms with E-state index in [0.29, 0.717) is 6.61 Å². The van der Waals surface area contributed by atoms with E-state index < -0.39 is 8.32 Å². The SMILES string of the molecule is C=C(CCC[C@H]1O[C@H](CC=C(Br)Br)C=C[C@@H]1OC)CO[Si](c1ccccc1)(c1ccccc1)C(C)(C)C. The molecular formula is C31H40Br2O3Si. The molecule has 0 N–H and O–H groups in total. The second-order valence-electron chi connectivity index (χ2n) is 10.6. The molecular weight excluding hydrogens is 608 g/mol. The summed E-state index contributed by atoms with van der Waals surface area (Å²) >= 11 is 6.85. The van der Waals surface area contributed by atoms with Crippen LogP contribution in [0.25, 0.3) is 0 Å². The number of hydrogen-bond donors (Lipinski definition) is 0. The van der Waals surface area contributed by atoms with E-state index in [9.17, 15) is 0 Å². The number of rotatable bonds is 12. The Hall–Kier alpha value is -1.28. The van der Waals surface area contributed by atoms with Crippen molar-refractivity contribution < 1.29 is 13.9 Å². The van der Waals surface area contributed by atoms with Crippen LogP contribution in [-0.4, -0.2) is 40.3 Å². The van der Waals surface area contributed by atoms with Crippen LogP contribution < -0.4 is 10.4 Å². The Morgan fingerprint density at radius 2 is 1.59 bits per heavy atom. The van der Waals surface area contributed by atoms with Crippen molar-refractivity contribution in [2.45, 2.75) is 69.8 Å². The molecule has 37 heavy (non-hydrogen) atoms. The highest BCUT2D eigenvalue weighted by Gasteiger charge is 2.50. The fourth-order valence-electron chi connectivity index (χ4n) is 5.10. The van der Waals surface area contributed by atoms with Crippen LogP contribution in [0.2, 0.25) is 5.04 Å². The number of ether oxygens (including phenoxy) is 2. The van der Waals surface area contributed by atoms with Crippen molar-refractivity contribution in [1.82, 2.24) is 0 Å². The molecule has 0 radical (unpaired) electrons.